The SMILES string of the molecule is Cc1ccc(C)c(CN2C(=O)c3ccccc3[S@@](=O)c3ccc(C(=O)N4CCN(c5ccc([N+](=O)[O-])cc5)CC4)cc32)c1. The van der Waals surface area contributed by atoms with Gasteiger partial charge in [-0.05, 0) is 67.4 Å². The van der Waals surface area contributed by atoms with Crippen molar-refractivity contribution >= 4 is 39.7 Å². The first-order valence-corrected chi connectivity index (χ1v) is 15.2. The van der Waals surface area contributed by atoms with Gasteiger partial charge in [0.15, 0.2) is 0 Å². The van der Waals surface area contributed by atoms with Crippen LogP contribution in [0.2, 0.25) is 0 Å². The van der Waals surface area contributed by atoms with Crippen molar-refractivity contribution < 1.29 is 18.7 Å². The second kappa shape index (κ2) is 11.4. The van der Waals surface area contributed by atoms with Gasteiger partial charge in [-0.1, -0.05) is 35.9 Å². The molecule has 2 heterocycles. The number of rotatable bonds is 5. The first-order chi connectivity index (χ1) is 20.7. The molecule has 0 aromatic heterocycles. The zero-order chi connectivity index (χ0) is 30.2. The lowest BCUT2D eigenvalue weighted by Crippen LogP contribution is -2.48. The number of benzene rings is 4. The molecule has 1 fully saturated rings. The molecule has 0 spiro atoms. The van der Waals surface area contributed by atoms with E-state index in [0.717, 1.165) is 22.4 Å². The van der Waals surface area contributed by atoms with Crippen molar-refractivity contribution in [3.63, 3.8) is 0 Å². The molecule has 4 aromatic carbocycles. The van der Waals surface area contributed by atoms with Crippen LogP contribution in [0.3, 0.4) is 0 Å². The molecule has 0 N–H and O–H groups in total. The number of nitro groups is 1. The van der Waals surface area contributed by atoms with Crippen LogP contribution in [0, 0.1) is 24.0 Å². The minimum Gasteiger partial charge on any atom is -0.368 e. The lowest BCUT2D eigenvalue weighted by Gasteiger charge is -2.36. The van der Waals surface area contributed by atoms with Gasteiger partial charge in [0.2, 0.25) is 0 Å². The van der Waals surface area contributed by atoms with Crippen molar-refractivity contribution in [1.82, 2.24) is 4.90 Å². The second-order valence-corrected chi connectivity index (χ2v) is 12.2. The zero-order valence-electron chi connectivity index (χ0n) is 23.9. The molecule has 43 heavy (non-hydrogen) atoms. The minimum atomic E-state index is -1.61. The maximum atomic E-state index is 14.0. The van der Waals surface area contributed by atoms with Gasteiger partial charge in [0.05, 0.1) is 43.3 Å². The van der Waals surface area contributed by atoms with E-state index in [1.807, 2.05) is 26.0 Å². The van der Waals surface area contributed by atoms with E-state index in [0.29, 0.717) is 52.8 Å². The first-order valence-electron chi connectivity index (χ1n) is 14.0. The van der Waals surface area contributed by atoms with Gasteiger partial charge < -0.3 is 14.7 Å². The van der Waals surface area contributed by atoms with Gasteiger partial charge in [-0.3, -0.25) is 19.7 Å². The number of hydrogen-bond donors (Lipinski definition) is 0. The second-order valence-electron chi connectivity index (χ2n) is 10.8. The fourth-order valence-corrected chi connectivity index (χ4v) is 6.97. The van der Waals surface area contributed by atoms with E-state index >= 15 is 0 Å². The van der Waals surface area contributed by atoms with Gasteiger partial charge in [-0.2, -0.15) is 0 Å². The van der Waals surface area contributed by atoms with Crippen LogP contribution in [-0.2, 0) is 17.3 Å². The lowest BCUT2D eigenvalue weighted by atomic mass is 10.0. The van der Waals surface area contributed by atoms with Crippen LogP contribution in [0.5, 0.6) is 0 Å². The van der Waals surface area contributed by atoms with E-state index < -0.39 is 15.7 Å². The van der Waals surface area contributed by atoms with Crippen LogP contribution >= 0.6 is 0 Å². The number of piperazine rings is 1. The zero-order valence-corrected chi connectivity index (χ0v) is 24.7. The Labute approximate surface area is 252 Å². The number of amides is 2. The molecule has 9 nitrogen and oxygen atoms in total. The molecule has 10 heteroatoms. The molecular weight excluding hydrogens is 564 g/mol. The van der Waals surface area contributed by atoms with Crippen molar-refractivity contribution in [1.29, 1.82) is 0 Å². The van der Waals surface area contributed by atoms with Crippen LogP contribution < -0.4 is 9.80 Å². The largest absolute Gasteiger partial charge is 0.368 e. The van der Waals surface area contributed by atoms with Gasteiger partial charge in [0.25, 0.3) is 17.5 Å². The standard InChI is InChI=1S/C33H30N4O5S/c1-22-7-8-23(2)25(19-22)21-36-29-20-24(9-14-31(29)43(42)30-6-4-3-5-28(30)33(36)39)32(38)35-17-15-34(16-18-35)26-10-12-27(13-11-26)37(40)41/h3-14,19-20H,15-18,21H2,1-2H3/t43-/m1/s1. The van der Waals surface area contributed by atoms with Crippen LogP contribution in [-0.4, -0.2) is 52.0 Å². The number of hydrogen-bond acceptors (Lipinski definition) is 6. The van der Waals surface area contributed by atoms with E-state index in [-0.39, 0.29) is 24.0 Å². The Morgan fingerprint density at radius 2 is 1.60 bits per heavy atom. The fraction of sp³-hybridized carbons (Fsp3) is 0.212. The molecule has 4 aromatic rings. The molecule has 0 unspecified atom stereocenters. The summed E-state index contributed by atoms with van der Waals surface area (Å²) in [5.41, 5.74) is 5.27. The summed E-state index contributed by atoms with van der Waals surface area (Å²) in [5, 5.41) is 11.0. The number of nitro benzene ring substituents is 1. The van der Waals surface area contributed by atoms with Gasteiger partial charge in [0, 0.05) is 49.6 Å². The summed E-state index contributed by atoms with van der Waals surface area (Å²) < 4.78 is 13.8. The van der Waals surface area contributed by atoms with Crippen LogP contribution in [0.25, 0.3) is 0 Å². The topological polar surface area (TPSA) is 104 Å². The molecule has 2 amide bonds. The third kappa shape index (κ3) is 5.41. The molecule has 2 aliphatic rings. The number of anilines is 2. The number of carbonyl (C=O) groups excluding carboxylic acids is 2. The summed E-state index contributed by atoms with van der Waals surface area (Å²) in [5.74, 6) is -0.428. The predicted octanol–water partition coefficient (Wildman–Crippen LogP) is 5.50. The number of non-ortho nitro benzene ring substituents is 1. The maximum absolute atomic E-state index is 14.0. The normalized spacial score (nSPS) is 16.4. The van der Waals surface area contributed by atoms with Crippen molar-refractivity contribution in [3.05, 3.63) is 123 Å². The van der Waals surface area contributed by atoms with Gasteiger partial charge in [0.1, 0.15) is 0 Å². The summed E-state index contributed by atoms with van der Waals surface area (Å²) in [6.45, 7) is 6.36. The Morgan fingerprint density at radius 1 is 0.884 bits per heavy atom. The van der Waals surface area contributed by atoms with E-state index in [9.17, 15) is 23.9 Å². The van der Waals surface area contributed by atoms with Crippen LogP contribution in [0.4, 0.5) is 17.1 Å². The molecule has 1 atom stereocenters. The van der Waals surface area contributed by atoms with Crippen LogP contribution in [0.1, 0.15) is 37.4 Å². The molecule has 0 aliphatic carbocycles. The van der Waals surface area contributed by atoms with Gasteiger partial charge in [-0.25, -0.2) is 4.21 Å². The Kier molecular flexibility index (Phi) is 7.53. The van der Waals surface area contributed by atoms with Gasteiger partial charge >= 0.3 is 0 Å². The molecular formula is C33H30N4O5S. The lowest BCUT2D eigenvalue weighted by molar-refractivity contribution is -0.384. The summed E-state index contributed by atoms with van der Waals surface area (Å²) in [6, 6.07) is 24.6. The third-order valence-electron chi connectivity index (χ3n) is 8.08. The number of nitrogens with zero attached hydrogens (tertiary/aromatic N) is 4. The molecule has 6 rings (SSSR count). The van der Waals surface area contributed by atoms with E-state index in [4.69, 9.17) is 0 Å². The van der Waals surface area contributed by atoms with Crippen molar-refractivity contribution in [2.75, 3.05) is 36.0 Å². The highest BCUT2D eigenvalue weighted by Gasteiger charge is 2.32. The van der Waals surface area contributed by atoms with E-state index in [2.05, 4.69) is 11.0 Å². The summed E-state index contributed by atoms with van der Waals surface area (Å²) in [6.07, 6.45) is 0. The Bertz CT molecular complexity index is 1780. The fourth-order valence-electron chi connectivity index (χ4n) is 5.63. The smallest absolute Gasteiger partial charge is 0.269 e. The highest BCUT2D eigenvalue weighted by molar-refractivity contribution is 7.85. The predicted molar refractivity (Wildman–Crippen MR) is 165 cm³/mol. The van der Waals surface area contributed by atoms with Crippen molar-refractivity contribution in [2.24, 2.45) is 0 Å². The number of aryl methyl sites for hydroxylation is 2. The minimum absolute atomic E-state index is 0.0369. The highest BCUT2D eigenvalue weighted by Crippen LogP contribution is 2.37. The molecule has 218 valence electrons. The third-order valence-corrected chi connectivity index (χ3v) is 9.58. The van der Waals surface area contributed by atoms with E-state index in [1.54, 1.807) is 64.4 Å². The Balaban J connectivity index is 1.30. The Morgan fingerprint density at radius 3 is 2.33 bits per heavy atom. The van der Waals surface area contributed by atoms with E-state index in [1.165, 1.54) is 12.1 Å². The molecule has 0 bridgehead atoms. The Hall–Kier alpha value is -4.83. The quantitative estimate of drug-likeness (QED) is 0.223. The molecule has 0 saturated carbocycles. The van der Waals surface area contributed by atoms with Gasteiger partial charge in [-0.15, -0.1) is 0 Å². The van der Waals surface area contributed by atoms with Crippen molar-refractivity contribution in [2.45, 2.75) is 30.2 Å². The molecule has 2 aliphatic heterocycles. The number of fused-ring (bicyclic) bond motifs is 2. The first kappa shape index (κ1) is 28.3. The summed E-state index contributed by atoms with van der Waals surface area (Å²) in [4.78, 5) is 44.8. The van der Waals surface area contributed by atoms with Crippen molar-refractivity contribution in [3.8, 4) is 0 Å². The molecule has 1 saturated heterocycles. The summed E-state index contributed by atoms with van der Waals surface area (Å²) in [7, 11) is -1.61. The molecule has 0 radical (unpaired) electrons. The average molecular weight is 595 g/mol. The maximum Gasteiger partial charge on any atom is 0.269 e. The average Bonchev–Trinajstić information content (AvgIpc) is 3.11. The number of carbonyl (C=O) groups is 2. The van der Waals surface area contributed by atoms with Crippen LogP contribution in [0.15, 0.2) is 94.7 Å². The summed E-state index contributed by atoms with van der Waals surface area (Å²) >= 11 is 0. The highest BCUT2D eigenvalue weighted by atomic mass is 32.2. The monoisotopic (exact) mass is 594 g/mol.